The normalized spacial score (nSPS) is 12.5. The van der Waals surface area contributed by atoms with Crippen LogP contribution >= 0.6 is 11.6 Å². The van der Waals surface area contributed by atoms with Crippen molar-refractivity contribution in [2.75, 3.05) is 0 Å². The molecule has 0 aliphatic heterocycles. The molecule has 0 amide bonds. The number of carboxylic acid groups (broad SMARTS) is 1. The zero-order valence-corrected chi connectivity index (χ0v) is 10.3. The quantitative estimate of drug-likeness (QED) is 0.857. The topological polar surface area (TPSA) is 57.5 Å². The van der Waals surface area contributed by atoms with E-state index in [9.17, 15) is 9.90 Å². The van der Waals surface area contributed by atoms with Gasteiger partial charge in [-0.3, -0.25) is 4.79 Å². The molecule has 0 fully saturated rings. The van der Waals surface area contributed by atoms with Crippen LogP contribution in [-0.4, -0.2) is 16.2 Å². The van der Waals surface area contributed by atoms with Crippen LogP contribution in [0.15, 0.2) is 6.07 Å². The second kappa shape index (κ2) is 4.74. The molecule has 1 aromatic rings. The van der Waals surface area contributed by atoms with E-state index < -0.39 is 11.9 Å². The van der Waals surface area contributed by atoms with E-state index in [1.165, 1.54) is 0 Å². The second-order valence-corrected chi connectivity index (χ2v) is 4.45. The first kappa shape index (κ1) is 12.8. The summed E-state index contributed by atoms with van der Waals surface area (Å²) in [7, 11) is 0. The molecule has 1 unspecified atom stereocenters. The predicted molar refractivity (Wildman–Crippen MR) is 63.1 cm³/mol. The van der Waals surface area contributed by atoms with E-state index in [4.69, 9.17) is 16.7 Å². The summed E-state index contributed by atoms with van der Waals surface area (Å²) in [6.45, 7) is 5.20. The maximum atomic E-state index is 10.8. The Morgan fingerprint density at radius 1 is 1.50 bits per heavy atom. The van der Waals surface area contributed by atoms with Gasteiger partial charge in [0.1, 0.15) is 5.75 Å². The highest BCUT2D eigenvalue weighted by Gasteiger charge is 2.18. The van der Waals surface area contributed by atoms with Crippen LogP contribution in [0, 0.1) is 19.8 Å². The number of phenols is 1. The van der Waals surface area contributed by atoms with Crippen LogP contribution in [0.5, 0.6) is 5.75 Å². The van der Waals surface area contributed by atoms with Crippen molar-refractivity contribution >= 4 is 17.6 Å². The third kappa shape index (κ3) is 2.47. The number of carbonyl (C=O) groups is 1. The molecule has 0 saturated heterocycles. The smallest absolute Gasteiger partial charge is 0.306 e. The van der Waals surface area contributed by atoms with Crippen LogP contribution in [0.25, 0.3) is 0 Å². The van der Waals surface area contributed by atoms with Gasteiger partial charge in [-0.1, -0.05) is 18.5 Å². The summed E-state index contributed by atoms with van der Waals surface area (Å²) >= 11 is 6.06. The highest BCUT2D eigenvalue weighted by atomic mass is 35.5. The molecule has 88 valence electrons. The van der Waals surface area contributed by atoms with Gasteiger partial charge in [0.15, 0.2) is 0 Å². The molecule has 0 aliphatic rings. The van der Waals surface area contributed by atoms with Gasteiger partial charge in [0.05, 0.1) is 5.92 Å². The van der Waals surface area contributed by atoms with Crippen molar-refractivity contribution < 1.29 is 15.0 Å². The van der Waals surface area contributed by atoms with Crippen LogP contribution in [0.3, 0.4) is 0 Å². The zero-order chi connectivity index (χ0) is 12.5. The Hall–Kier alpha value is -1.22. The maximum absolute atomic E-state index is 10.8. The first-order chi connectivity index (χ1) is 7.34. The second-order valence-electron chi connectivity index (χ2n) is 4.07. The predicted octanol–water partition coefficient (Wildman–Crippen LogP) is 2.93. The number of benzene rings is 1. The van der Waals surface area contributed by atoms with Crippen molar-refractivity contribution in [1.82, 2.24) is 0 Å². The summed E-state index contributed by atoms with van der Waals surface area (Å²) in [5.74, 6) is -1.30. The first-order valence-corrected chi connectivity index (χ1v) is 5.42. The molecule has 0 aliphatic carbocycles. The lowest BCUT2D eigenvalue weighted by Gasteiger charge is -2.14. The number of hydrogen-bond acceptors (Lipinski definition) is 2. The molecule has 0 heterocycles. The molecule has 16 heavy (non-hydrogen) atoms. The summed E-state index contributed by atoms with van der Waals surface area (Å²) in [4.78, 5) is 10.8. The molecule has 3 nitrogen and oxygen atoms in total. The van der Waals surface area contributed by atoms with Crippen molar-refractivity contribution in [3.63, 3.8) is 0 Å². The SMILES string of the molecule is Cc1cc(O)c(CC(C)C(=O)O)c(C)c1Cl. The van der Waals surface area contributed by atoms with Gasteiger partial charge in [-0.15, -0.1) is 0 Å². The fourth-order valence-electron chi connectivity index (χ4n) is 1.63. The van der Waals surface area contributed by atoms with E-state index in [1.54, 1.807) is 26.8 Å². The number of aryl methyl sites for hydroxylation is 1. The van der Waals surface area contributed by atoms with Crippen LogP contribution in [0.4, 0.5) is 0 Å². The van der Waals surface area contributed by atoms with Crippen molar-refractivity contribution in [3.05, 3.63) is 27.8 Å². The van der Waals surface area contributed by atoms with Crippen LogP contribution in [-0.2, 0) is 11.2 Å². The van der Waals surface area contributed by atoms with Crippen LogP contribution in [0.1, 0.15) is 23.6 Å². The molecule has 1 aromatic carbocycles. The molecule has 0 spiro atoms. The van der Waals surface area contributed by atoms with Gasteiger partial charge in [0.2, 0.25) is 0 Å². The van der Waals surface area contributed by atoms with Crippen molar-refractivity contribution in [2.24, 2.45) is 5.92 Å². The van der Waals surface area contributed by atoms with Crippen molar-refractivity contribution in [2.45, 2.75) is 27.2 Å². The Kier molecular flexibility index (Phi) is 3.81. The van der Waals surface area contributed by atoms with Crippen molar-refractivity contribution in [3.8, 4) is 5.75 Å². The summed E-state index contributed by atoms with van der Waals surface area (Å²) in [5.41, 5.74) is 2.17. The summed E-state index contributed by atoms with van der Waals surface area (Å²) in [6, 6.07) is 1.57. The van der Waals surface area contributed by atoms with Gasteiger partial charge in [-0.05, 0) is 43.0 Å². The lowest BCUT2D eigenvalue weighted by atomic mass is 9.95. The Morgan fingerprint density at radius 2 is 2.06 bits per heavy atom. The zero-order valence-electron chi connectivity index (χ0n) is 9.54. The summed E-state index contributed by atoms with van der Waals surface area (Å²) < 4.78 is 0. The molecular formula is C12H15ClO3. The fraction of sp³-hybridized carbons (Fsp3) is 0.417. The fourth-order valence-corrected chi connectivity index (χ4v) is 1.80. The minimum atomic E-state index is -0.879. The average molecular weight is 243 g/mol. The number of hydrogen-bond donors (Lipinski definition) is 2. The van der Waals surface area contributed by atoms with Gasteiger partial charge in [-0.2, -0.15) is 0 Å². The number of phenolic OH excluding ortho intramolecular Hbond substituents is 1. The lowest BCUT2D eigenvalue weighted by Crippen LogP contribution is -2.13. The molecule has 1 atom stereocenters. The van der Waals surface area contributed by atoms with Crippen LogP contribution in [0.2, 0.25) is 5.02 Å². The minimum absolute atomic E-state index is 0.118. The summed E-state index contributed by atoms with van der Waals surface area (Å²) in [6.07, 6.45) is 0.285. The van der Waals surface area contributed by atoms with E-state index in [-0.39, 0.29) is 12.2 Å². The maximum Gasteiger partial charge on any atom is 0.306 e. The highest BCUT2D eigenvalue weighted by molar-refractivity contribution is 6.32. The molecule has 2 N–H and O–H groups in total. The Bertz CT molecular complexity index is 427. The van der Waals surface area contributed by atoms with Crippen LogP contribution < -0.4 is 0 Å². The third-order valence-corrected chi connectivity index (χ3v) is 3.30. The molecule has 4 heteroatoms. The number of rotatable bonds is 3. The monoisotopic (exact) mass is 242 g/mol. The van der Waals surface area contributed by atoms with Gasteiger partial charge >= 0.3 is 5.97 Å². The van der Waals surface area contributed by atoms with E-state index >= 15 is 0 Å². The number of aliphatic carboxylic acids is 1. The van der Waals surface area contributed by atoms with Gasteiger partial charge < -0.3 is 10.2 Å². The Balaban J connectivity index is 3.14. The molecule has 0 saturated carbocycles. The largest absolute Gasteiger partial charge is 0.508 e. The van der Waals surface area contributed by atoms with E-state index in [0.29, 0.717) is 10.6 Å². The molecule has 0 bridgehead atoms. The third-order valence-electron chi connectivity index (χ3n) is 2.72. The first-order valence-electron chi connectivity index (χ1n) is 5.05. The molecule has 0 aromatic heterocycles. The molecule has 0 radical (unpaired) electrons. The van der Waals surface area contributed by atoms with Gasteiger partial charge in [-0.25, -0.2) is 0 Å². The average Bonchev–Trinajstić information content (AvgIpc) is 2.20. The summed E-state index contributed by atoms with van der Waals surface area (Å²) in [5, 5.41) is 19.2. The van der Waals surface area contributed by atoms with E-state index in [0.717, 1.165) is 11.1 Å². The number of carboxylic acids is 1. The number of halogens is 1. The Labute approximate surface area is 99.7 Å². The lowest BCUT2D eigenvalue weighted by molar-refractivity contribution is -0.141. The Morgan fingerprint density at radius 3 is 2.56 bits per heavy atom. The number of aromatic hydroxyl groups is 1. The minimum Gasteiger partial charge on any atom is -0.508 e. The molecular weight excluding hydrogens is 228 g/mol. The molecule has 1 rings (SSSR count). The highest BCUT2D eigenvalue weighted by Crippen LogP contribution is 2.32. The van der Waals surface area contributed by atoms with Gasteiger partial charge in [0, 0.05) is 5.02 Å². The van der Waals surface area contributed by atoms with Crippen molar-refractivity contribution in [1.29, 1.82) is 0 Å². The van der Waals surface area contributed by atoms with Gasteiger partial charge in [0.25, 0.3) is 0 Å². The van der Waals surface area contributed by atoms with E-state index in [2.05, 4.69) is 0 Å². The standard InChI is InChI=1S/C12H15ClO3/c1-6-5-10(14)9(8(3)11(6)13)4-7(2)12(15)16/h5,7,14H,4H2,1-3H3,(H,15,16). The van der Waals surface area contributed by atoms with E-state index in [1.807, 2.05) is 0 Å².